The molecule has 0 bridgehead atoms. The molecule has 1 aliphatic heterocycles. The van der Waals surface area contributed by atoms with E-state index >= 15 is 0 Å². The van der Waals surface area contributed by atoms with Crippen LogP contribution >= 0.6 is 15.9 Å². The fraction of sp³-hybridized carbons (Fsp3) is 0.188. The maximum atomic E-state index is 5.95. The molecule has 2 aromatic heterocycles. The van der Waals surface area contributed by atoms with Gasteiger partial charge in [-0.25, -0.2) is 4.98 Å². The second-order valence-electron chi connectivity index (χ2n) is 5.02. The number of halogens is 1. The van der Waals surface area contributed by atoms with Crippen LogP contribution in [0.25, 0.3) is 16.9 Å². The van der Waals surface area contributed by atoms with Gasteiger partial charge in [0.1, 0.15) is 13.2 Å². The lowest BCUT2D eigenvalue weighted by Gasteiger charge is -2.18. The van der Waals surface area contributed by atoms with Crippen molar-refractivity contribution in [2.75, 3.05) is 13.2 Å². The van der Waals surface area contributed by atoms with E-state index in [2.05, 4.69) is 15.9 Å². The van der Waals surface area contributed by atoms with E-state index < -0.39 is 0 Å². The standard InChI is InChI=1S/C16H14BrN3O2/c17-11-2-1-5-20-12(9-18)15(19-16(11)20)10-3-4-13-14(8-10)22-7-6-21-13/h1-5,8H,6-7,9,18H2. The fourth-order valence-corrected chi connectivity index (χ4v) is 3.13. The molecule has 0 aliphatic carbocycles. The summed E-state index contributed by atoms with van der Waals surface area (Å²) in [6.07, 6.45) is 1.97. The third kappa shape index (κ3) is 2.07. The molecule has 2 N–H and O–H groups in total. The SMILES string of the molecule is NCc1c(-c2ccc3c(c2)OCCO3)nc2c(Br)cccn12. The summed E-state index contributed by atoms with van der Waals surface area (Å²) in [7, 11) is 0. The summed E-state index contributed by atoms with van der Waals surface area (Å²) in [5.41, 5.74) is 9.61. The van der Waals surface area contributed by atoms with E-state index in [0.717, 1.165) is 38.6 Å². The molecule has 0 saturated heterocycles. The number of nitrogens with zero attached hydrogens (tertiary/aromatic N) is 2. The van der Waals surface area contributed by atoms with Crippen molar-refractivity contribution >= 4 is 21.6 Å². The van der Waals surface area contributed by atoms with E-state index in [9.17, 15) is 0 Å². The van der Waals surface area contributed by atoms with Gasteiger partial charge in [0.25, 0.3) is 0 Å². The zero-order valence-corrected chi connectivity index (χ0v) is 13.3. The average Bonchev–Trinajstić information content (AvgIpc) is 2.94. The molecule has 3 aromatic rings. The predicted molar refractivity (Wildman–Crippen MR) is 87.2 cm³/mol. The Bertz CT molecular complexity index is 860. The molecule has 0 saturated carbocycles. The molecule has 0 radical (unpaired) electrons. The van der Waals surface area contributed by atoms with Gasteiger partial charge in [-0.2, -0.15) is 0 Å². The van der Waals surface area contributed by atoms with Crippen molar-refractivity contribution < 1.29 is 9.47 Å². The molecular formula is C16H14BrN3O2. The van der Waals surface area contributed by atoms with Gasteiger partial charge < -0.3 is 19.6 Å². The van der Waals surface area contributed by atoms with Crippen molar-refractivity contribution in [3.8, 4) is 22.8 Å². The van der Waals surface area contributed by atoms with Gasteiger partial charge in [-0.1, -0.05) is 0 Å². The smallest absolute Gasteiger partial charge is 0.162 e. The highest BCUT2D eigenvalue weighted by atomic mass is 79.9. The molecule has 3 heterocycles. The molecule has 0 fully saturated rings. The number of fused-ring (bicyclic) bond motifs is 2. The van der Waals surface area contributed by atoms with Crippen LogP contribution in [0.1, 0.15) is 5.69 Å². The highest BCUT2D eigenvalue weighted by Gasteiger charge is 2.18. The van der Waals surface area contributed by atoms with E-state index in [0.29, 0.717) is 19.8 Å². The predicted octanol–water partition coefficient (Wildman–Crippen LogP) is 2.99. The first-order valence-corrected chi connectivity index (χ1v) is 7.83. The molecule has 1 aromatic carbocycles. The maximum absolute atomic E-state index is 5.95. The normalized spacial score (nSPS) is 13.5. The van der Waals surface area contributed by atoms with Crippen LogP contribution in [-0.4, -0.2) is 22.6 Å². The molecule has 112 valence electrons. The van der Waals surface area contributed by atoms with Crippen LogP contribution in [0.4, 0.5) is 0 Å². The Morgan fingerprint density at radius 1 is 1.18 bits per heavy atom. The Morgan fingerprint density at radius 3 is 2.82 bits per heavy atom. The lowest BCUT2D eigenvalue weighted by Crippen LogP contribution is -2.15. The Morgan fingerprint density at radius 2 is 2.00 bits per heavy atom. The number of pyridine rings is 1. The van der Waals surface area contributed by atoms with E-state index in [4.69, 9.17) is 20.2 Å². The minimum atomic E-state index is 0.404. The molecule has 0 unspecified atom stereocenters. The quantitative estimate of drug-likeness (QED) is 0.763. The van der Waals surface area contributed by atoms with Gasteiger partial charge in [0.15, 0.2) is 17.1 Å². The van der Waals surface area contributed by atoms with Crippen LogP contribution in [0.3, 0.4) is 0 Å². The minimum absolute atomic E-state index is 0.404. The van der Waals surface area contributed by atoms with Crippen LogP contribution in [0.5, 0.6) is 11.5 Å². The Hall–Kier alpha value is -2.05. The first-order valence-electron chi connectivity index (χ1n) is 7.03. The van der Waals surface area contributed by atoms with Gasteiger partial charge in [-0.3, -0.25) is 0 Å². The largest absolute Gasteiger partial charge is 0.486 e. The zero-order valence-electron chi connectivity index (χ0n) is 11.8. The van der Waals surface area contributed by atoms with Gasteiger partial charge in [0.05, 0.1) is 15.9 Å². The number of rotatable bonds is 2. The Balaban J connectivity index is 1.92. The number of ether oxygens (including phenoxy) is 2. The van der Waals surface area contributed by atoms with Crippen molar-refractivity contribution in [2.24, 2.45) is 5.73 Å². The van der Waals surface area contributed by atoms with E-state index in [1.54, 1.807) is 0 Å². The van der Waals surface area contributed by atoms with Crippen molar-refractivity contribution in [3.63, 3.8) is 0 Å². The average molecular weight is 360 g/mol. The molecule has 0 atom stereocenters. The van der Waals surface area contributed by atoms with Crippen LogP contribution < -0.4 is 15.2 Å². The summed E-state index contributed by atoms with van der Waals surface area (Å²) in [5.74, 6) is 1.53. The third-order valence-corrected chi connectivity index (χ3v) is 4.33. The second kappa shape index (κ2) is 5.30. The lowest BCUT2D eigenvalue weighted by molar-refractivity contribution is 0.171. The molecule has 22 heavy (non-hydrogen) atoms. The summed E-state index contributed by atoms with van der Waals surface area (Å²) < 4.78 is 14.2. The number of hydrogen-bond donors (Lipinski definition) is 1. The number of benzene rings is 1. The number of aromatic nitrogens is 2. The molecule has 1 aliphatic rings. The molecule has 6 heteroatoms. The first kappa shape index (κ1) is 13.6. The van der Waals surface area contributed by atoms with Crippen LogP contribution in [0.15, 0.2) is 41.0 Å². The molecule has 5 nitrogen and oxygen atoms in total. The first-order chi connectivity index (χ1) is 10.8. The number of nitrogens with two attached hydrogens (primary N) is 1. The topological polar surface area (TPSA) is 61.8 Å². The molecular weight excluding hydrogens is 346 g/mol. The van der Waals surface area contributed by atoms with Crippen LogP contribution in [0, 0.1) is 0 Å². The molecule has 0 spiro atoms. The van der Waals surface area contributed by atoms with E-state index in [1.807, 2.05) is 40.9 Å². The second-order valence-corrected chi connectivity index (χ2v) is 5.87. The van der Waals surface area contributed by atoms with Gasteiger partial charge in [0.2, 0.25) is 0 Å². The zero-order chi connectivity index (χ0) is 15.1. The summed E-state index contributed by atoms with van der Waals surface area (Å²) in [6.45, 7) is 1.56. The van der Waals surface area contributed by atoms with Crippen molar-refractivity contribution in [2.45, 2.75) is 6.54 Å². The highest BCUT2D eigenvalue weighted by molar-refractivity contribution is 9.10. The number of hydrogen-bond acceptors (Lipinski definition) is 4. The summed E-state index contributed by atoms with van der Waals surface area (Å²) in [4.78, 5) is 4.74. The Kier molecular flexibility index (Phi) is 3.28. The maximum Gasteiger partial charge on any atom is 0.162 e. The highest BCUT2D eigenvalue weighted by Crippen LogP contribution is 2.36. The van der Waals surface area contributed by atoms with Crippen LogP contribution in [0.2, 0.25) is 0 Å². The lowest BCUT2D eigenvalue weighted by atomic mass is 10.1. The van der Waals surface area contributed by atoms with Gasteiger partial charge in [-0.05, 0) is 46.3 Å². The van der Waals surface area contributed by atoms with E-state index in [1.165, 1.54) is 0 Å². The summed E-state index contributed by atoms with van der Waals surface area (Å²) in [5, 5.41) is 0. The minimum Gasteiger partial charge on any atom is -0.486 e. The van der Waals surface area contributed by atoms with Gasteiger partial charge in [0, 0.05) is 18.3 Å². The third-order valence-electron chi connectivity index (χ3n) is 3.71. The fourth-order valence-electron chi connectivity index (χ4n) is 2.70. The van der Waals surface area contributed by atoms with Crippen molar-refractivity contribution in [1.82, 2.24) is 9.38 Å². The van der Waals surface area contributed by atoms with E-state index in [-0.39, 0.29) is 0 Å². The Labute approximate surface area is 135 Å². The van der Waals surface area contributed by atoms with Crippen molar-refractivity contribution in [1.29, 1.82) is 0 Å². The monoisotopic (exact) mass is 359 g/mol. The van der Waals surface area contributed by atoms with Crippen LogP contribution in [-0.2, 0) is 6.54 Å². The summed E-state index contributed by atoms with van der Waals surface area (Å²) >= 11 is 3.54. The summed E-state index contributed by atoms with van der Waals surface area (Å²) in [6, 6.07) is 9.80. The number of imidazole rings is 1. The van der Waals surface area contributed by atoms with Crippen molar-refractivity contribution in [3.05, 3.63) is 46.7 Å². The molecule has 0 amide bonds. The van der Waals surface area contributed by atoms with Gasteiger partial charge in [-0.15, -0.1) is 0 Å². The molecule has 4 rings (SSSR count). The van der Waals surface area contributed by atoms with Gasteiger partial charge >= 0.3 is 0 Å².